The number of hydrogen-bond acceptors (Lipinski definition) is 6. The zero-order chi connectivity index (χ0) is 23.8. The summed E-state index contributed by atoms with van der Waals surface area (Å²) in [6.07, 6.45) is 1.62. The van der Waals surface area contributed by atoms with Gasteiger partial charge >= 0.3 is 5.97 Å². The Hall–Kier alpha value is -2.96. The number of rotatable bonds is 5. The summed E-state index contributed by atoms with van der Waals surface area (Å²) >= 11 is 0. The van der Waals surface area contributed by atoms with Crippen molar-refractivity contribution in [3.8, 4) is 6.07 Å². The number of hydrogen-bond donors (Lipinski definition) is 1. The van der Waals surface area contributed by atoms with Crippen LogP contribution in [0.2, 0.25) is 0 Å². The predicted octanol–water partition coefficient (Wildman–Crippen LogP) is 2.30. The van der Waals surface area contributed by atoms with Crippen LogP contribution in [0, 0.1) is 23.0 Å². The molecule has 1 N–H and O–H groups in total. The molecule has 2 rings (SSSR count). The van der Waals surface area contributed by atoms with Gasteiger partial charge in [0.25, 0.3) is 0 Å². The van der Waals surface area contributed by atoms with Crippen LogP contribution in [0.25, 0.3) is 0 Å². The van der Waals surface area contributed by atoms with Crippen LogP contribution in [-0.2, 0) is 22.7 Å². The van der Waals surface area contributed by atoms with Crippen LogP contribution in [-0.4, -0.2) is 35.1 Å². The molecule has 9 heteroatoms. The Morgan fingerprint density at radius 1 is 1.20 bits per heavy atom. The molecule has 2 aromatic rings. The van der Waals surface area contributed by atoms with Crippen LogP contribution < -0.4 is 0 Å². The molecule has 0 radical (unpaired) electrons. The molecule has 0 spiro atoms. The average Bonchev–Trinajstić information content (AvgIpc) is 2.64. The Labute approximate surface area is 150 Å². The highest BCUT2D eigenvalue weighted by Crippen LogP contribution is 2.09. The maximum absolute atomic E-state index is 12.8. The van der Waals surface area contributed by atoms with Gasteiger partial charge < -0.3 is 14.6 Å². The van der Waals surface area contributed by atoms with Gasteiger partial charge in [-0.1, -0.05) is 0 Å². The van der Waals surface area contributed by atoms with Crippen molar-refractivity contribution in [3.05, 3.63) is 58.7 Å². The van der Waals surface area contributed by atoms with Crippen molar-refractivity contribution in [1.82, 2.24) is 9.97 Å². The minimum Gasteiger partial charge on any atom is -0.477 e. The number of halogens is 2. The Morgan fingerprint density at radius 3 is 2.32 bits per heavy atom. The zero-order valence-electron chi connectivity index (χ0n) is 18.5. The predicted molar refractivity (Wildman–Crippen MR) is 81.5 cm³/mol. The minimum atomic E-state index is -2.66. The third kappa shape index (κ3) is 6.21. The molecule has 0 aliphatic heterocycles. The number of nitriles is 1. The topological polar surface area (TPSA) is 105 Å². The van der Waals surface area contributed by atoms with Gasteiger partial charge in [0.05, 0.1) is 33.8 Å². The summed E-state index contributed by atoms with van der Waals surface area (Å²) in [4.78, 5) is 17.5. The highest BCUT2D eigenvalue weighted by Gasteiger charge is 2.12. The molecule has 132 valence electrons. The molecule has 0 aliphatic rings. The first-order valence-corrected chi connectivity index (χ1v) is 6.42. The molecule has 0 atom stereocenters. The van der Waals surface area contributed by atoms with E-state index < -0.39 is 44.0 Å². The van der Waals surface area contributed by atoms with E-state index in [-0.39, 0.29) is 23.4 Å². The summed E-state index contributed by atoms with van der Waals surface area (Å²) in [5.74, 6) is -2.77. The van der Waals surface area contributed by atoms with Crippen LogP contribution in [0.5, 0.6) is 0 Å². The van der Waals surface area contributed by atoms with E-state index in [1.165, 1.54) is 0 Å². The van der Waals surface area contributed by atoms with E-state index >= 15 is 0 Å². The Kier molecular flexibility index (Phi) is 4.97. The van der Waals surface area contributed by atoms with Gasteiger partial charge in [0, 0.05) is 25.2 Å². The summed E-state index contributed by atoms with van der Waals surface area (Å²) < 4.78 is 75.0. The third-order valence-electron chi connectivity index (χ3n) is 2.63. The number of nitrogens with zero attached hydrogens (tertiary/aromatic N) is 3. The quantitative estimate of drug-likeness (QED) is 0.875. The van der Waals surface area contributed by atoms with Gasteiger partial charge in [-0.2, -0.15) is 5.26 Å². The highest BCUT2D eigenvalue weighted by atomic mass is 19.1. The lowest BCUT2D eigenvalue weighted by atomic mass is 10.2. The van der Waals surface area contributed by atoms with E-state index in [2.05, 4.69) is 19.4 Å². The van der Waals surface area contributed by atoms with Crippen molar-refractivity contribution in [2.24, 2.45) is 0 Å². The number of aromatic nitrogens is 2. The van der Waals surface area contributed by atoms with Gasteiger partial charge in [-0.05, 0) is 12.1 Å². The zero-order valence-corrected chi connectivity index (χ0v) is 12.5. The molecule has 0 aliphatic carbocycles. The lowest BCUT2D eigenvalue weighted by Gasteiger charge is -2.02. The maximum Gasteiger partial charge on any atom is 0.354 e. The molecule has 2 aromatic heterocycles. The summed E-state index contributed by atoms with van der Waals surface area (Å²) in [5, 5.41) is 17.3. The van der Waals surface area contributed by atoms with Gasteiger partial charge in [0.1, 0.15) is 23.4 Å². The van der Waals surface area contributed by atoms with Gasteiger partial charge in [-0.25, -0.2) is 23.5 Å². The molecule has 2 heterocycles. The van der Waals surface area contributed by atoms with Crippen LogP contribution >= 0.6 is 0 Å². The normalized spacial score (nSPS) is 14.3. The van der Waals surface area contributed by atoms with E-state index in [9.17, 15) is 13.6 Å². The smallest absolute Gasteiger partial charge is 0.354 e. The molecule has 7 nitrogen and oxygen atoms in total. The lowest BCUT2D eigenvalue weighted by molar-refractivity contribution is 0.0684. The SMILES string of the molecule is [2H]C([2H])([2H])OCc1cc(F)cnc1C#N.[2H]C([2H])([2H])OCc1cc(F)cnc1C(=O)O. The fourth-order valence-electron chi connectivity index (χ4n) is 1.63. The monoisotopic (exact) mass is 357 g/mol. The number of ether oxygens (including phenoxy) is 2. The first-order valence-electron chi connectivity index (χ1n) is 9.42. The summed E-state index contributed by atoms with van der Waals surface area (Å²) in [7, 11) is -5.23. The van der Waals surface area contributed by atoms with Crippen molar-refractivity contribution < 1.29 is 36.4 Å². The molecule has 0 saturated heterocycles. The number of methoxy groups -OCH3 is 2. The summed E-state index contributed by atoms with van der Waals surface area (Å²) in [5.41, 5.74) is -0.469. The Balaban J connectivity index is 0.000000311. The third-order valence-corrected chi connectivity index (χ3v) is 2.63. The molecule has 0 fully saturated rings. The van der Waals surface area contributed by atoms with Crippen molar-refractivity contribution in [1.29, 1.82) is 5.26 Å². The van der Waals surface area contributed by atoms with Gasteiger partial charge in [-0.3, -0.25) is 0 Å². The van der Waals surface area contributed by atoms with Crippen LogP contribution in [0.1, 0.15) is 35.5 Å². The van der Waals surface area contributed by atoms with Crippen LogP contribution in [0.3, 0.4) is 0 Å². The molecule has 0 aromatic carbocycles. The first-order chi connectivity index (χ1) is 14.2. The fourth-order valence-corrected chi connectivity index (χ4v) is 1.63. The summed E-state index contributed by atoms with van der Waals surface area (Å²) in [6, 6.07) is 3.62. The fraction of sp³-hybridized carbons (Fsp3) is 0.250. The second-order valence-corrected chi connectivity index (χ2v) is 4.32. The second-order valence-electron chi connectivity index (χ2n) is 4.32. The molecule has 0 amide bonds. The minimum absolute atomic E-state index is 0.0411. The van der Waals surface area contributed by atoms with E-state index in [1.807, 2.05) is 0 Å². The molecule has 0 unspecified atom stereocenters. The maximum atomic E-state index is 12.8. The van der Waals surface area contributed by atoms with Crippen molar-refractivity contribution in [2.75, 3.05) is 14.1 Å². The largest absolute Gasteiger partial charge is 0.477 e. The van der Waals surface area contributed by atoms with Crippen LogP contribution in [0.15, 0.2) is 24.5 Å². The molecular weight excluding hydrogens is 336 g/mol. The average molecular weight is 357 g/mol. The first kappa shape index (κ1) is 12.4. The van der Waals surface area contributed by atoms with Gasteiger partial charge in [0.2, 0.25) is 0 Å². The van der Waals surface area contributed by atoms with Crippen molar-refractivity contribution >= 4 is 5.97 Å². The standard InChI is InChI=1S/C8H7FN2O.C8H8FNO3/c1-12-5-6-2-7(9)4-11-8(6)3-10;1-13-4-5-2-6(9)3-10-7(5)8(11)12/h2,4H,5H2,1H3;2-3H,4H2,1H3,(H,11,12)/i2*1D3. The van der Waals surface area contributed by atoms with Gasteiger partial charge in [-0.15, -0.1) is 0 Å². The van der Waals surface area contributed by atoms with E-state index in [4.69, 9.17) is 18.6 Å². The molecule has 0 saturated carbocycles. The Bertz CT molecular complexity index is 964. The number of pyridine rings is 2. The number of aromatic carboxylic acids is 1. The van der Waals surface area contributed by atoms with Crippen molar-refractivity contribution in [3.63, 3.8) is 0 Å². The highest BCUT2D eigenvalue weighted by molar-refractivity contribution is 5.86. The van der Waals surface area contributed by atoms with E-state index in [0.29, 0.717) is 0 Å². The lowest BCUT2D eigenvalue weighted by Crippen LogP contribution is -2.07. The van der Waals surface area contributed by atoms with Crippen LogP contribution in [0.4, 0.5) is 8.78 Å². The van der Waals surface area contributed by atoms with E-state index in [0.717, 1.165) is 24.5 Å². The number of carboxylic acid groups (broad SMARTS) is 1. The van der Waals surface area contributed by atoms with Crippen molar-refractivity contribution in [2.45, 2.75) is 13.2 Å². The molecular formula is C16H15F2N3O4. The number of carbonyl (C=O) groups is 1. The van der Waals surface area contributed by atoms with Gasteiger partial charge in [0.15, 0.2) is 5.69 Å². The molecule has 25 heavy (non-hydrogen) atoms. The Morgan fingerprint density at radius 2 is 1.76 bits per heavy atom. The summed E-state index contributed by atoms with van der Waals surface area (Å²) in [6.45, 7) is -0.910. The molecule has 0 bridgehead atoms. The number of carboxylic acids is 1. The second kappa shape index (κ2) is 10.0. The van der Waals surface area contributed by atoms with E-state index in [1.54, 1.807) is 6.07 Å².